The number of unbranched alkanes of at least 4 members (excludes halogenated alkanes) is 56. The van der Waals surface area contributed by atoms with Crippen LogP contribution in [0.2, 0.25) is 0 Å². The van der Waals surface area contributed by atoms with Gasteiger partial charge in [-0.1, -0.05) is 414 Å². The summed E-state index contributed by atoms with van der Waals surface area (Å²) < 4.78 is 10.8. The van der Waals surface area contributed by atoms with Gasteiger partial charge in [-0.2, -0.15) is 0 Å². The SMILES string of the molecule is CC/C=C\C/C=C\C/C=C\C/C=C\C/C=C\CCCCCCCCCCCCCCCCCCCCCCCCCC(=O)OC(CO)COC(=O)CCCCCCCCCCCCCCCCCCCCCCCCCCC/C=C\CCCCCCCCCC. The van der Waals surface area contributed by atoms with Gasteiger partial charge in [0.25, 0.3) is 0 Å². The van der Waals surface area contributed by atoms with Crippen LogP contribution in [-0.4, -0.2) is 36.4 Å². The van der Waals surface area contributed by atoms with E-state index >= 15 is 0 Å². The maximum absolute atomic E-state index is 12.4. The van der Waals surface area contributed by atoms with Crippen molar-refractivity contribution >= 4 is 11.9 Å². The molecule has 0 aliphatic rings. The highest BCUT2D eigenvalue weighted by molar-refractivity contribution is 5.70. The van der Waals surface area contributed by atoms with Crippen molar-refractivity contribution in [2.24, 2.45) is 0 Å². The Morgan fingerprint density at radius 1 is 0.267 bits per heavy atom. The van der Waals surface area contributed by atoms with Crippen LogP contribution >= 0.6 is 0 Å². The first-order chi connectivity index (χ1) is 44.6. The van der Waals surface area contributed by atoms with Crippen molar-refractivity contribution in [2.45, 2.75) is 444 Å². The molecule has 0 aliphatic heterocycles. The highest BCUT2D eigenvalue weighted by Gasteiger charge is 2.16. The lowest BCUT2D eigenvalue weighted by Crippen LogP contribution is -2.28. The molecule has 0 bridgehead atoms. The monoisotopic (exact) mass is 1260 g/mol. The van der Waals surface area contributed by atoms with Crippen LogP contribution in [-0.2, 0) is 19.1 Å². The summed E-state index contributed by atoms with van der Waals surface area (Å²) in [5.41, 5.74) is 0. The van der Waals surface area contributed by atoms with Crippen molar-refractivity contribution in [3.05, 3.63) is 72.9 Å². The Morgan fingerprint density at radius 3 is 0.733 bits per heavy atom. The lowest BCUT2D eigenvalue weighted by molar-refractivity contribution is -0.161. The van der Waals surface area contributed by atoms with Gasteiger partial charge in [-0.3, -0.25) is 9.59 Å². The summed E-state index contributed by atoms with van der Waals surface area (Å²) in [6, 6.07) is 0. The Bertz CT molecular complexity index is 1570. The minimum atomic E-state index is -0.772. The summed E-state index contributed by atoms with van der Waals surface area (Å²) in [6.45, 7) is 4.09. The third-order valence-corrected chi connectivity index (χ3v) is 18.5. The van der Waals surface area contributed by atoms with Crippen LogP contribution < -0.4 is 0 Å². The summed E-state index contributed by atoms with van der Waals surface area (Å²) in [4.78, 5) is 24.7. The third kappa shape index (κ3) is 77.8. The number of aliphatic hydroxyl groups is 1. The molecule has 0 aromatic heterocycles. The quantitative estimate of drug-likeness (QED) is 0.0373. The van der Waals surface area contributed by atoms with Gasteiger partial charge in [0.2, 0.25) is 0 Å². The van der Waals surface area contributed by atoms with Crippen molar-refractivity contribution in [3.8, 4) is 0 Å². The van der Waals surface area contributed by atoms with E-state index in [-0.39, 0.29) is 25.2 Å². The van der Waals surface area contributed by atoms with Crippen LogP contribution in [0, 0.1) is 0 Å². The van der Waals surface area contributed by atoms with Gasteiger partial charge in [-0.05, 0) is 83.5 Å². The van der Waals surface area contributed by atoms with Crippen LogP contribution in [0.3, 0.4) is 0 Å². The molecule has 0 saturated carbocycles. The molecule has 1 atom stereocenters. The molecular formula is C85H156O5. The van der Waals surface area contributed by atoms with Crippen molar-refractivity contribution in [3.63, 3.8) is 0 Å². The fourth-order valence-electron chi connectivity index (χ4n) is 12.5. The Labute approximate surface area is 563 Å². The van der Waals surface area contributed by atoms with Gasteiger partial charge in [-0.25, -0.2) is 0 Å². The third-order valence-electron chi connectivity index (χ3n) is 18.5. The molecule has 0 saturated heterocycles. The Kier molecular flexibility index (Phi) is 78.2. The van der Waals surface area contributed by atoms with E-state index in [4.69, 9.17) is 9.47 Å². The fraction of sp³-hybridized carbons (Fsp3) is 0.835. The molecule has 0 spiro atoms. The van der Waals surface area contributed by atoms with Gasteiger partial charge < -0.3 is 14.6 Å². The molecule has 5 heteroatoms. The number of rotatable bonds is 76. The predicted octanol–water partition coefficient (Wildman–Crippen LogP) is 28.6. The summed E-state index contributed by atoms with van der Waals surface area (Å²) in [6.07, 6.45) is 113. The van der Waals surface area contributed by atoms with Gasteiger partial charge in [0.15, 0.2) is 6.10 Å². The lowest BCUT2D eigenvalue weighted by Gasteiger charge is -2.15. The summed E-state index contributed by atoms with van der Waals surface area (Å²) >= 11 is 0. The maximum atomic E-state index is 12.4. The van der Waals surface area contributed by atoms with E-state index in [1.807, 2.05) is 0 Å². The number of carbonyl (C=O) groups excluding carboxylic acids is 2. The van der Waals surface area contributed by atoms with Crippen LogP contribution in [0.25, 0.3) is 0 Å². The number of esters is 2. The van der Waals surface area contributed by atoms with Gasteiger partial charge in [-0.15, -0.1) is 0 Å². The number of aliphatic hydroxyl groups excluding tert-OH is 1. The number of allylic oxidation sites excluding steroid dienone is 12. The largest absolute Gasteiger partial charge is 0.462 e. The first-order valence-electron chi connectivity index (χ1n) is 40.5. The molecular weight excluding hydrogens is 1100 g/mol. The first kappa shape index (κ1) is 87.3. The minimum Gasteiger partial charge on any atom is -0.462 e. The van der Waals surface area contributed by atoms with Gasteiger partial charge in [0.1, 0.15) is 6.61 Å². The molecule has 0 aromatic rings. The zero-order valence-electron chi connectivity index (χ0n) is 60.7. The standard InChI is InChI=1S/C85H156O5/c1-3-5-7-9-11-13-15-17-19-21-23-25-27-29-31-33-35-37-39-41-42-44-46-48-50-52-54-56-58-60-62-64-66-68-70-72-74-76-78-80-85(88)90-83(81-86)82-89-84(87)79-77-75-73-71-69-67-65-63-61-59-57-55-53-51-49-47-45-43-40-38-36-34-32-30-28-26-24-22-20-18-16-14-12-10-8-6-4-2/h5,7,11,13,17,19,22-25,29,31,83,86H,3-4,6,8-10,12,14-16,18,20-21,26-28,30,32-82H2,1-2H3/b7-5-,13-11-,19-17-,24-22-,25-23-,31-29-. The molecule has 0 aromatic carbocycles. The first-order valence-corrected chi connectivity index (χ1v) is 40.5. The Morgan fingerprint density at radius 2 is 0.478 bits per heavy atom. The van der Waals surface area contributed by atoms with Crippen LogP contribution in [0.1, 0.15) is 438 Å². The van der Waals surface area contributed by atoms with Crippen LogP contribution in [0.4, 0.5) is 0 Å². The van der Waals surface area contributed by atoms with Crippen LogP contribution in [0.15, 0.2) is 72.9 Å². The number of ether oxygens (including phenoxy) is 2. The van der Waals surface area contributed by atoms with Gasteiger partial charge in [0, 0.05) is 12.8 Å². The molecule has 1 unspecified atom stereocenters. The Hall–Kier alpha value is -2.66. The predicted molar refractivity (Wildman–Crippen MR) is 399 cm³/mol. The van der Waals surface area contributed by atoms with E-state index in [9.17, 15) is 14.7 Å². The van der Waals surface area contributed by atoms with Crippen molar-refractivity contribution < 1.29 is 24.2 Å². The average molecular weight is 1260 g/mol. The molecule has 0 aliphatic carbocycles. The molecule has 0 amide bonds. The van der Waals surface area contributed by atoms with E-state index < -0.39 is 6.10 Å². The molecule has 5 nitrogen and oxygen atoms in total. The van der Waals surface area contributed by atoms with E-state index in [1.54, 1.807) is 0 Å². The second-order valence-electron chi connectivity index (χ2n) is 27.5. The van der Waals surface area contributed by atoms with Crippen molar-refractivity contribution in [1.29, 1.82) is 0 Å². The smallest absolute Gasteiger partial charge is 0.306 e. The number of hydrogen-bond acceptors (Lipinski definition) is 5. The average Bonchev–Trinajstić information content (AvgIpc) is 3.59. The number of hydrogen-bond donors (Lipinski definition) is 1. The molecule has 526 valence electrons. The molecule has 0 fully saturated rings. The van der Waals surface area contributed by atoms with Crippen molar-refractivity contribution in [2.75, 3.05) is 13.2 Å². The topological polar surface area (TPSA) is 72.8 Å². The lowest BCUT2D eigenvalue weighted by atomic mass is 10.0. The Balaban J connectivity index is 3.37. The minimum absolute atomic E-state index is 0.0599. The van der Waals surface area contributed by atoms with E-state index in [0.717, 1.165) is 64.2 Å². The van der Waals surface area contributed by atoms with Gasteiger partial charge >= 0.3 is 11.9 Å². The van der Waals surface area contributed by atoms with Gasteiger partial charge in [0.05, 0.1) is 6.61 Å². The van der Waals surface area contributed by atoms with Crippen molar-refractivity contribution in [1.82, 2.24) is 0 Å². The second kappa shape index (κ2) is 80.6. The zero-order chi connectivity index (χ0) is 64.7. The molecule has 90 heavy (non-hydrogen) atoms. The fourth-order valence-corrected chi connectivity index (χ4v) is 12.5. The normalized spacial score (nSPS) is 12.5. The highest BCUT2D eigenvalue weighted by atomic mass is 16.6. The highest BCUT2D eigenvalue weighted by Crippen LogP contribution is 2.20. The zero-order valence-corrected chi connectivity index (χ0v) is 60.7. The van der Waals surface area contributed by atoms with E-state index in [0.29, 0.717) is 12.8 Å². The number of carbonyl (C=O) groups is 2. The molecule has 0 rings (SSSR count). The molecule has 0 radical (unpaired) electrons. The summed E-state index contributed by atoms with van der Waals surface area (Å²) in [7, 11) is 0. The van der Waals surface area contributed by atoms with E-state index in [1.165, 1.54) is 347 Å². The van der Waals surface area contributed by atoms with Crippen LogP contribution in [0.5, 0.6) is 0 Å². The second-order valence-corrected chi connectivity index (χ2v) is 27.5. The maximum Gasteiger partial charge on any atom is 0.306 e. The van der Waals surface area contributed by atoms with E-state index in [2.05, 4.69) is 86.8 Å². The summed E-state index contributed by atoms with van der Waals surface area (Å²) in [5, 5.41) is 9.73. The molecule has 0 heterocycles. The molecule has 1 N–H and O–H groups in total. The summed E-state index contributed by atoms with van der Waals surface area (Å²) in [5.74, 6) is -0.564.